The summed E-state index contributed by atoms with van der Waals surface area (Å²) in [6, 6.07) is 0.977. The molecule has 3 nitrogen and oxygen atoms in total. The van der Waals surface area contributed by atoms with Gasteiger partial charge in [0.15, 0.2) is 0 Å². The second-order valence-corrected chi connectivity index (χ2v) is 2.43. The van der Waals surface area contributed by atoms with Gasteiger partial charge >= 0.3 is 18.1 Å². The molecule has 0 aliphatic carbocycles. The standard InChI is InChI=1S/C6HF6NO2/c7-5(8,9)4(6(10,11)12)14-2-3(1-13)15-4/h2H. The molecule has 0 radical (unpaired) electrons. The summed E-state index contributed by atoms with van der Waals surface area (Å²) in [4.78, 5) is 0. The number of rotatable bonds is 0. The van der Waals surface area contributed by atoms with Gasteiger partial charge in [-0.05, 0) is 0 Å². The van der Waals surface area contributed by atoms with Crippen molar-refractivity contribution >= 4 is 0 Å². The van der Waals surface area contributed by atoms with E-state index in [-0.39, 0.29) is 6.26 Å². The zero-order chi connectivity index (χ0) is 11.9. The summed E-state index contributed by atoms with van der Waals surface area (Å²) in [5.74, 6) is -5.96. The molecule has 0 amide bonds. The monoisotopic (exact) mass is 233 g/mol. The van der Waals surface area contributed by atoms with Gasteiger partial charge in [-0.1, -0.05) is 0 Å². The fraction of sp³-hybridized carbons (Fsp3) is 0.500. The minimum atomic E-state index is -5.83. The number of allylic oxidation sites excluding steroid dienone is 1. The van der Waals surface area contributed by atoms with Gasteiger partial charge in [-0.15, -0.1) is 0 Å². The highest BCUT2D eigenvalue weighted by molar-refractivity contribution is 5.16. The summed E-state index contributed by atoms with van der Waals surface area (Å²) < 4.78 is 79.5. The molecular formula is C6HF6NO2. The molecule has 15 heavy (non-hydrogen) atoms. The summed E-state index contributed by atoms with van der Waals surface area (Å²) in [6.07, 6.45) is -11.7. The SMILES string of the molecule is N#CC1=COC(C(F)(F)F)(C(F)(F)F)O1. The molecule has 0 N–H and O–H groups in total. The zero-order valence-electron chi connectivity index (χ0n) is 6.61. The number of halogens is 6. The fourth-order valence-corrected chi connectivity index (χ4v) is 0.799. The van der Waals surface area contributed by atoms with Crippen LogP contribution in [0.5, 0.6) is 0 Å². The van der Waals surface area contributed by atoms with Crippen molar-refractivity contribution in [2.75, 3.05) is 0 Å². The van der Waals surface area contributed by atoms with Crippen LogP contribution in [0.25, 0.3) is 0 Å². The Morgan fingerprint density at radius 3 is 1.80 bits per heavy atom. The first kappa shape index (κ1) is 11.5. The molecule has 0 aromatic rings. The molecule has 0 saturated heterocycles. The maximum atomic E-state index is 12.1. The van der Waals surface area contributed by atoms with E-state index in [2.05, 4.69) is 9.47 Å². The van der Waals surface area contributed by atoms with Crippen LogP contribution in [0.1, 0.15) is 0 Å². The number of nitrogens with zero attached hydrogens (tertiary/aromatic N) is 1. The molecule has 1 heterocycles. The van der Waals surface area contributed by atoms with E-state index in [1.165, 1.54) is 0 Å². The molecule has 0 fully saturated rings. The van der Waals surface area contributed by atoms with Gasteiger partial charge in [0.25, 0.3) is 0 Å². The minimum Gasteiger partial charge on any atom is -0.441 e. The third-order valence-corrected chi connectivity index (χ3v) is 1.44. The lowest BCUT2D eigenvalue weighted by Crippen LogP contribution is -2.57. The summed E-state index contributed by atoms with van der Waals surface area (Å²) in [5, 5.41) is 8.07. The first-order valence-corrected chi connectivity index (χ1v) is 3.24. The van der Waals surface area contributed by atoms with E-state index in [4.69, 9.17) is 5.26 Å². The molecule has 0 saturated carbocycles. The number of ether oxygens (including phenoxy) is 2. The van der Waals surface area contributed by atoms with Crippen molar-refractivity contribution in [3.63, 3.8) is 0 Å². The lowest BCUT2D eigenvalue weighted by molar-refractivity contribution is -0.435. The molecule has 1 rings (SSSR count). The van der Waals surface area contributed by atoms with Crippen LogP contribution in [0.15, 0.2) is 12.0 Å². The predicted octanol–water partition coefficient (Wildman–Crippen LogP) is 2.22. The Balaban J connectivity index is 3.12. The van der Waals surface area contributed by atoms with Gasteiger partial charge in [-0.2, -0.15) is 31.6 Å². The van der Waals surface area contributed by atoms with Gasteiger partial charge in [-0.3, -0.25) is 0 Å². The maximum absolute atomic E-state index is 12.1. The summed E-state index contributed by atoms with van der Waals surface area (Å²) in [7, 11) is 0. The quantitative estimate of drug-likeness (QED) is 0.602. The van der Waals surface area contributed by atoms with Crippen molar-refractivity contribution in [3.8, 4) is 6.07 Å². The first-order chi connectivity index (χ1) is 6.64. The van der Waals surface area contributed by atoms with Gasteiger partial charge < -0.3 is 9.47 Å². The summed E-state index contributed by atoms with van der Waals surface area (Å²) in [5.41, 5.74) is 0. The van der Waals surface area contributed by atoms with E-state index in [0.717, 1.165) is 6.07 Å². The Kier molecular flexibility index (Phi) is 2.26. The lowest BCUT2D eigenvalue weighted by atomic mass is 10.2. The molecular weight excluding hydrogens is 232 g/mol. The molecule has 0 bridgehead atoms. The topological polar surface area (TPSA) is 42.2 Å². The normalized spacial score (nSPS) is 19.9. The first-order valence-electron chi connectivity index (χ1n) is 3.24. The lowest BCUT2D eigenvalue weighted by Gasteiger charge is -2.30. The summed E-state index contributed by atoms with van der Waals surface area (Å²) >= 11 is 0. The summed E-state index contributed by atoms with van der Waals surface area (Å²) in [6.45, 7) is 0. The van der Waals surface area contributed by atoms with Crippen LogP contribution in [0, 0.1) is 11.3 Å². The van der Waals surface area contributed by atoms with Crippen LogP contribution in [0.2, 0.25) is 0 Å². The molecule has 84 valence electrons. The van der Waals surface area contributed by atoms with Gasteiger partial charge in [0.05, 0.1) is 0 Å². The molecule has 1 aliphatic heterocycles. The third-order valence-electron chi connectivity index (χ3n) is 1.44. The fourth-order valence-electron chi connectivity index (χ4n) is 0.799. The molecule has 0 atom stereocenters. The molecule has 0 spiro atoms. The van der Waals surface area contributed by atoms with E-state index < -0.39 is 23.9 Å². The average molecular weight is 233 g/mol. The van der Waals surface area contributed by atoms with E-state index >= 15 is 0 Å². The number of hydrogen-bond acceptors (Lipinski definition) is 3. The van der Waals surface area contributed by atoms with E-state index in [1.807, 2.05) is 0 Å². The van der Waals surface area contributed by atoms with Gasteiger partial charge in [0.1, 0.15) is 12.3 Å². The Morgan fingerprint density at radius 1 is 1.13 bits per heavy atom. The molecule has 0 aromatic carbocycles. The second kappa shape index (κ2) is 2.95. The van der Waals surface area contributed by atoms with Gasteiger partial charge in [0, 0.05) is 0 Å². The highest BCUT2D eigenvalue weighted by Crippen LogP contribution is 2.50. The van der Waals surface area contributed by atoms with Gasteiger partial charge in [0.2, 0.25) is 5.76 Å². The molecule has 0 unspecified atom stereocenters. The average Bonchev–Trinajstić information content (AvgIpc) is 2.45. The zero-order valence-corrected chi connectivity index (χ0v) is 6.61. The number of hydrogen-bond donors (Lipinski definition) is 0. The largest absolute Gasteiger partial charge is 0.478 e. The van der Waals surface area contributed by atoms with Crippen LogP contribution < -0.4 is 0 Å². The van der Waals surface area contributed by atoms with Crippen LogP contribution >= 0.6 is 0 Å². The third kappa shape index (κ3) is 1.55. The number of alkyl halides is 6. The van der Waals surface area contributed by atoms with Crippen molar-refractivity contribution < 1.29 is 35.8 Å². The van der Waals surface area contributed by atoms with Crippen molar-refractivity contribution in [3.05, 3.63) is 12.0 Å². The van der Waals surface area contributed by atoms with E-state index in [1.54, 1.807) is 0 Å². The maximum Gasteiger partial charge on any atom is 0.478 e. The van der Waals surface area contributed by atoms with E-state index in [0.29, 0.717) is 0 Å². The predicted molar refractivity (Wildman–Crippen MR) is 30.7 cm³/mol. The highest BCUT2D eigenvalue weighted by Gasteiger charge is 2.78. The minimum absolute atomic E-state index is 0.0268. The Hall–Kier alpha value is -1.59. The smallest absolute Gasteiger partial charge is 0.441 e. The number of nitriles is 1. The molecule has 9 heteroatoms. The van der Waals surface area contributed by atoms with Gasteiger partial charge in [-0.25, -0.2) is 0 Å². The Labute approximate surface area is 78.5 Å². The van der Waals surface area contributed by atoms with Crippen LogP contribution in [0.3, 0.4) is 0 Å². The molecule has 0 aromatic heterocycles. The van der Waals surface area contributed by atoms with E-state index in [9.17, 15) is 26.3 Å². The molecule has 1 aliphatic rings. The Bertz CT molecular complexity index is 321. The van der Waals surface area contributed by atoms with Crippen molar-refractivity contribution in [1.82, 2.24) is 0 Å². The van der Waals surface area contributed by atoms with Crippen LogP contribution in [0.4, 0.5) is 26.3 Å². The van der Waals surface area contributed by atoms with Crippen LogP contribution in [-0.2, 0) is 9.47 Å². The van der Waals surface area contributed by atoms with Crippen molar-refractivity contribution in [1.29, 1.82) is 5.26 Å². The van der Waals surface area contributed by atoms with Crippen molar-refractivity contribution in [2.24, 2.45) is 0 Å². The van der Waals surface area contributed by atoms with Crippen molar-refractivity contribution in [2.45, 2.75) is 18.1 Å². The van der Waals surface area contributed by atoms with Crippen LogP contribution in [-0.4, -0.2) is 18.1 Å². The Morgan fingerprint density at radius 2 is 1.60 bits per heavy atom. The highest BCUT2D eigenvalue weighted by atomic mass is 19.4. The second-order valence-electron chi connectivity index (χ2n) is 2.43.